The van der Waals surface area contributed by atoms with Crippen LogP contribution in [0.3, 0.4) is 0 Å². The number of rotatable bonds is 3. The van der Waals surface area contributed by atoms with Gasteiger partial charge in [-0.15, -0.1) is 0 Å². The van der Waals surface area contributed by atoms with E-state index in [2.05, 4.69) is 12.6 Å². The number of benzene rings is 1. The lowest BCUT2D eigenvalue weighted by atomic mass is 10.1. The predicted molar refractivity (Wildman–Crippen MR) is 51.6 cm³/mol. The smallest absolute Gasteiger partial charge is 0.120 e. The lowest BCUT2D eigenvalue weighted by Gasteiger charge is -2.04. The van der Waals surface area contributed by atoms with Crippen LogP contribution in [0.15, 0.2) is 30.9 Å². The molecule has 13 heavy (non-hydrogen) atoms. The van der Waals surface area contributed by atoms with Gasteiger partial charge >= 0.3 is 0 Å². The van der Waals surface area contributed by atoms with Crippen LogP contribution >= 0.6 is 0 Å². The van der Waals surface area contributed by atoms with Gasteiger partial charge in [0.25, 0.3) is 0 Å². The summed E-state index contributed by atoms with van der Waals surface area (Å²) in [5, 5.41) is 8.68. The van der Waals surface area contributed by atoms with Crippen molar-refractivity contribution >= 4 is 0 Å². The monoisotopic (exact) mass is 173 g/mol. The minimum absolute atomic E-state index is 0.491. The van der Waals surface area contributed by atoms with Gasteiger partial charge in [0.1, 0.15) is 12.4 Å². The van der Waals surface area contributed by atoms with Gasteiger partial charge in [0, 0.05) is 0 Å². The fourth-order valence-corrected chi connectivity index (χ4v) is 1.01. The van der Waals surface area contributed by atoms with Crippen LogP contribution in [0.25, 0.3) is 0 Å². The fourth-order valence-electron chi connectivity index (χ4n) is 1.01. The molecule has 0 aliphatic heterocycles. The molecule has 0 heterocycles. The first-order valence-electron chi connectivity index (χ1n) is 4.02. The van der Waals surface area contributed by atoms with Crippen molar-refractivity contribution in [3.63, 3.8) is 0 Å². The minimum atomic E-state index is 0.491. The number of hydrogen-bond acceptors (Lipinski definition) is 2. The van der Waals surface area contributed by atoms with E-state index in [0.29, 0.717) is 12.2 Å². The first-order valence-corrected chi connectivity index (χ1v) is 4.02. The average Bonchev–Trinajstić information content (AvgIpc) is 2.15. The van der Waals surface area contributed by atoms with Crippen molar-refractivity contribution in [1.29, 1.82) is 5.26 Å². The third-order valence-corrected chi connectivity index (χ3v) is 1.69. The second-order valence-corrected chi connectivity index (χ2v) is 2.69. The second kappa shape index (κ2) is 4.32. The lowest BCUT2D eigenvalue weighted by molar-refractivity contribution is 0.363. The molecule has 0 amide bonds. The molecule has 0 aliphatic rings. The van der Waals surface area contributed by atoms with E-state index in [-0.39, 0.29) is 0 Å². The minimum Gasteiger partial charge on any atom is -0.490 e. The predicted octanol–water partition coefficient (Wildman–Crippen LogP) is 2.43. The Morgan fingerprint density at radius 2 is 2.38 bits per heavy atom. The van der Waals surface area contributed by atoms with E-state index in [1.54, 1.807) is 18.2 Å². The molecule has 1 aromatic rings. The molecular formula is C11H11NO. The van der Waals surface area contributed by atoms with Crippen LogP contribution in [0, 0.1) is 18.3 Å². The number of nitrogens with zero attached hydrogens (tertiary/aromatic N) is 1. The molecule has 0 atom stereocenters. The molecule has 2 nitrogen and oxygen atoms in total. The van der Waals surface area contributed by atoms with Crippen LogP contribution in [-0.4, -0.2) is 6.61 Å². The van der Waals surface area contributed by atoms with Crippen LogP contribution in [0.4, 0.5) is 0 Å². The summed E-state index contributed by atoms with van der Waals surface area (Å²) < 4.78 is 5.31. The third-order valence-electron chi connectivity index (χ3n) is 1.69. The zero-order valence-corrected chi connectivity index (χ0v) is 7.58. The summed E-state index contributed by atoms with van der Waals surface area (Å²) in [6.07, 6.45) is 1.69. The van der Waals surface area contributed by atoms with Crippen LogP contribution in [0.1, 0.15) is 11.1 Å². The maximum absolute atomic E-state index is 8.68. The maximum Gasteiger partial charge on any atom is 0.120 e. The van der Waals surface area contributed by atoms with Gasteiger partial charge in [-0.2, -0.15) is 5.26 Å². The molecule has 0 unspecified atom stereocenters. The highest BCUT2D eigenvalue weighted by molar-refractivity contribution is 5.41. The Labute approximate surface area is 78.1 Å². The molecule has 0 fully saturated rings. The van der Waals surface area contributed by atoms with E-state index in [0.717, 1.165) is 11.3 Å². The van der Waals surface area contributed by atoms with Crippen molar-refractivity contribution in [2.24, 2.45) is 0 Å². The number of hydrogen-bond donors (Lipinski definition) is 0. The van der Waals surface area contributed by atoms with Gasteiger partial charge in [-0.3, -0.25) is 0 Å². The van der Waals surface area contributed by atoms with E-state index in [9.17, 15) is 0 Å². The van der Waals surface area contributed by atoms with E-state index in [4.69, 9.17) is 10.00 Å². The average molecular weight is 173 g/mol. The van der Waals surface area contributed by atoms with Crippen molar-refractivity contribution in [1.82, 2.24) is 0 Å². The zero-order valence-electron chi connectivity index (χ0n) is 7.58. The summed E-state index contributed by atoms with van der Waals surface area (Å²) in [6, 6.07) is 7.50. The van der Waals surface area contributed by atoms with Crippen LogP contribution in [0.2, 0.25) is 0 Å². The second-order valence-electron chi connectivity index (χ2n) is 2.69. The summed E-state index contributed by atoms with van der Waals surface area (Å²) in [5.74, 6) is 0.774. The molecular weight excluding hydrogens is 162 g/mol. The van der Waals surface area contributed by atoms with Gasteiger partial charge in [0.2, 0.25) is 0 Å². The van der Waals surface area contributed by atoms with Gasteiger partial charge in [-0.25, -0.2) is 0 Å². The molecule has 0 aromatic heterocycles. The molecule has 0 saturated heterocycles. The summed E-state index contributed by atoms with van der Waals surface area (Å²) >= 11 is 0. The van der Waals surface area contributed by atoms with Crippen LogP contribution < -0.4 is 4.74 Å². The van der Waals surface area contributed by atoms with E-state index in [1.807, 2.05) is 13.0 Å². The summed E-state index contributed by atoms with van der Waals surface area (Å²) in [4.78, 5) is 0. The Balaban J connectivity index is 2.84. The molecule has 0 N–H and O–H groups in total. The van der Waals surface area contributed by atoms with Gasteiger partial charge < -0.3 is 4.74 Å². The largest absolute Gasteiger partial charge is 0.490 e. The van der Waals surface area contributed by atoms with E-state index in [1.165, 1.54) is 0 Å². The van der Waals surface area contributed by atoms with Crippen molar-refractivity contribution in [2.75, 3.05) is 6.61 Å². The first-order chi connectivity index (χ1) is 6.27. The number of ether oxygens (including phenoxy) is 1. The summed E-state index contributed by atoms with van der Waals surface area (Å²) in [7, 11) is 0. The quantitative estimate of drug-likeness (QED) is 0.657. The first kappa shape index (κ1) is 9.34. The molecule has 0 spiro atoms. The van der Waals surface area contributed by atoms with Crippen LogP contribution in [0.5, 0.6) is 5.75 Å². The van der Waals surface area contributed by atoms with E-state index < -0.39 is 0 Å². The molecule has 0 radical (unpaired) electrons. The number of aryl methyl sites for hydroxylation is 1. The van der Waals surface area contributed by atoms with Crippen LogP contribution in [-0.2, 0) is 0 Å². The Morgan fingerprint density at radius 3 is 2.92 bits per heavy atom. The number of nitriles is 1. The highest BCUT2D eigenvalue weighted by Crippen LogP contribution is 2.16. The molecule has 1 rings (SSSR count). The Hall–Kier alpha value is -1.75. The SMILES string of the molecule is C=CCOc1ccc(C#N)c(C)c1. The Bertz CT molecular complexity index is 350. The van der Waals surface area contributed by atoms with Gasteiger partial charge in [-0.1, -0.05) is 12.7 Å². The molecule has 2 heteroatoms. The highest BCUT2D eigenvalue weighted by atomic mass is 16.5. The van der Waals surface area contributed by atoms with Gasteiger partial charge in [-0.05, 0) is 30.7 Å². The van der Waals surface area contributed by atoms with Gasteiger partial charge in [0.05, 0.1) is 11.6 Å². The third kappa shape index (κ3) is 2.34. The molecule has 1 aromatic carbocycles. The molecule has 0 bridgehead atoms. The highest BCUT2D eigenvalue weighted by Gasteiger charge is 1.98. The molecule has 66 valence electrons. The standard InChI is InChI=1S/C11H11NO/c1-3-6-13-11-5-4-10(8-12)9(2)7-11/h3-5,7H,1,6H2,2H3. The fraction of sp³-hybridized carbons (Fsp3) is 0.182. The van der Waals surface area contributed by atoms with Gasteiger partial charge in [0.15, 0.2) is 0 Å². The summed E-state index contributed by atoms with van der Waals surface area (Å²) in [5.41, 5.74) is 1.62. The van der Waals surface area contributed by atoms with Crippen molar-refractivity contribution in [2.45, 2.75) is 6.92 Å². The topological polar surface area (TPSA) is 33.0 Å². The van der Waals surface area contributed by atoms with Crippen molar-refractivity contribution < 1.29 is 4.74 Å². The van der Waals surface area contributed by atoms with Crippen molar-refractivity contribution in [3.8, 4) is 11.8 Å². The maximum atomic E-state index is 8.68. The lowest BCUT2D eigenvalue weighted by Crippen LogP contribution is -1.93. The van der Waals surface area contributed by atoms with Crippen molar-refractivity contribution in [3.05, 3.63) is 42.0 Å². The van der Waals surface area contributed by atoms with E-state index >= 15 is 0 Å². The normalized spacial score (nSPS) is 8.92. The Kier molecular flexibility index (Phi) is 3.10. The molecule has 0 aliphatic carbocycles. The molecule has 0 saturated carbocycles. The Morgan fingerprint density at radius 1 is 1.62 bits per heavy atom. The zero-order chi connectivity index (χ0) is 9.68. The summed E-state index contributed by atoms with van der Waals surface area (Å²) in [6.45, 7) is 5.93.